The van der Waals surface area contributed by atoms with Crippen LogP contribution in [0.2, 0.25) is 10.0 Å². The van der Waals surface area contributed by atoms with Gasteiger partial charge in [0, 0.05) is 22.6 Å². The summed E-state index contributed by atoms with van der Waals surface area (Å²) >= 11 is 11.9. The number of benzene rings is 1. The van der Waals surface area contributed by atoms with Gasteiger partial charge in [0.1, 0.15) is 5.41 Å². The molecular formula is C16H20Cl2N2O2. The molecule has 0 unspecified atom stereocenters. The average molecular weight is 343 g/mol. The van der Waals surface area contributed by atoms with E-state index < -0.39 is 5.41 Å². The molecule has 2 rings (SSSR count). The van der Waals surface area contributed by atoms with Crippen LogP contribution in [0.3, 0.4) is 0 Å². The van der Waals surface area contributed by atoms with E-state index in [-0.39, 0.29) is 17.9 Å². The van der Waals surface area contributed by atoms with Gasteiger partial charge in [0.25, 0.3) is 0 Å². The van der Waals surface area contributed by atoms with Crippen LogP contribution in [0.1, 0.15) is 32.3 Å². The Morgan fingerprint density at radius 2 is 1.91 bits per heavy atom. The van der Waals surface area contributed by atoms with Gasteiger partial charge in [0.05, 0.1) is 0 Å². The second kappa shape index (κ2) is 6.88. The largest absolute Gasteiger partial charge is 0.355 e. The maximum atomic E-state index is 12.3. The quantitative estimate of drug-likeness (QED) is 0.781. The first-order valence-electron chi connectivity index (χ1n) is 7.38. The monoisotopic (exact) mass is 342 g/mol. The fraction of sp³-hybridized carbons (Fsp3) is 0.500. The molecule has 6 heteroatoms. The van der Waals surface area contributed by atoms with E-state index in [1.54, 1.807) is 12.1 Å². The highest BCUT2D eigenvalue weighted by molar-refractivity contribution is 6.35. The van der Waals surface area contributed by atoms with E-state index in [4.69, 9.17) is 23.2 Å². The zero-order valence-corrected chi connectivity index (χ0v) is 14.2. The molecule has 22 heavy (non-hydrogen) atoms. The molecule has 1 fully saturated rings. The maximum absolute atomic E-state index is 12.3. The molecule has 0 aliphatic heterocycles. The smallest absolute Gasteiger partial charge is 0.235 e. The van der Waals surface area contributed by atoms with Gasteiger partial charge in [-0.05, 0) is 50.8 Å². The van der Waals surface area contributed by atoms with Crippen LogP contribution in [-0.2, 0) is 16.0 Å². The Morgan fingerprint density at radius 1 is 1.23 bits per heavy atom. The van der Waals surface area contributed by atoms with Crippen LogP contribution in [0.15, 0.2) is 18.2 Å². The minimum Gasteiger partial charge on any atom is -0.355 e. The zero-order valence-electron chi connectivity index (χ0n) is 12.7. The predicted octanol–water partition coefficient (Wildman–Crippen LogP) is 2.96. The van der Waals surface area contributed by atoms with E-state index in [0.717, 1.165) is 5.56 Å². The molecule has 0 bridgehead atoms. The van der Waals surface area contributed by atoms with E-state index >= 15 is 0 Å². The molecule has 1 aliphatic carbocycles. The predicted molar refractivity (Wildman–Crippen MR) is 88.1 cm³/mol. The lowest BCUT2D eigenvalue weighted by atomic mass is 10.0. The third-order valence-electron chi connectivity index (χ3n) is 3.73. The molecule has 2 amide bonds. The number of amides is 2. The Hall–Kier alpha value is -1.26. The van der Waals surface area contributed by atoms with Crippen LogP contribution in [0, 0.1) is 5.41 Å². The number of hydrogen-bond donors (Lipinski definition) is 2. The summed E-state index contributed by atoms with van der Waals surface area (Å²) in [5.74, 6) is -0.375. The number of nitrogens with one attached hydrogen (secondary N) is 2. The van der Waals surface area contributed by atoms with Crippen molar-refractivity contribution in [3.05, 3.63) is 33.8 Å². The second-order valence-electron chi connectivity index (χ2n) is 5.95. The Bertz CT molecular complexity index is 584. The van der Waals surface area contributed by atoms with E-state index in [9.17, 15) is 9.59 Å². The molecule has 0 saturated heterocycles. The fourth-order valence-electron chi connectivity index (χ4n) is 2.29. The second-order valence-corrected chi connectivity index (χ2v) is 6.80. The Labute approximate surface area is 140 Å². The van der Waals surface area contributed by atoms with E-state index in [0.29, 0.717) is 35.9 Å². The van der Waals surface area contributed by atoms with Crippen LogP contribution in [-0.4, -0.2) is 24.4 Å². The molecule has 0 spiro atoms. The number of carbonyl (C=O) groups excluding carboxylic acids is 2. The molecule has 2 N–H and O–H groups in total. The van der Waals surface area contributed by atoms with Crippen molar-refractivity contribution in [1.82, 2.24) is 10.6 Å². The molecule has 0 heterocycles. The van der Waals surface area contributed by atoms with Crippen LogP contribution in [0.5, 0.6) is 0 Å². The molecule has 1 aromatic rings. The summed E-state index contributed by atoms with van der Waals surface area (Å²) in [6, 6.07) is 5.32. The number of halogens is 2. The minimum absolute atomic E-state index is 0.0330. The lowest BCUT2D eigenvalue weighted by molar-refractivity contribution is -0.137. The summed E-state index contributed by atoms with van der Waals surface area (Å²) in [4.78, 5) is 24.3. The Morgan fingerprint density at radius 3 is 2.45 bits per heavy atom. The third-order valence-corrected chi connectivity index (χ3v) is 4.32. The van der Waals surface area contributed by atoms with Gasteiger partial charge in [0.2, 0.25) is 11.8 Å². The SMILES string of the molecule is CC(C)NC(=O)C1(C(=O)NCCc2ccc(Cl)cc2Cl)CC1. The summed E-state index contributed by atoms with van der Waals surface area (Å²) in [7, 11) is 0. The minimum atomic E-state index is -0.867. The van der Waals surface area contributed by atoms with Crippen molar-refractivity contribution in [1.29, 1.82) is 0 Å². The first kappa shape index (κ1) is 17.1. The summed E-state index contributed by atoms with van der Waals surface area (Å²) in [5, 5.41) is 6.82. The molecule has 4 nitrogen and oxygen atoms in total. The number of hydrogen-bond acceptors (Lipinski definition) is 2. The third kappa shape index (κ3) is 3.93. The van der Waals surface area contributed by atoms with Gasteiger partial charge in [-0.15, -0.1) is 0 Å². The summed E-state index contributed by atoms with van der Waals surface area (Å²) in [6.07, 6.45) is 1.82. The highest BCUT2D eigenvalue weighted by Crippen LogP contribution is 2.46. The molecule has 1 aliphatic rings. The van der Waals surface area contributed by atoms with Gasteiger partial charge in [-0.2, -0.15) is 0 Å². The fourth-order valence-corrected chi connectivity index (χ4v) is 2.79. The first-order chi connectivity index (χ1) is 10.3. The van der Waals surface area contributed by atoms with E-state index in [2.05, 4.69) is 10.6 Å². The molecule has 1 saturated carbocycles. The Kier molecular flexibility index (Phi) is 5.35. The zero-order chi connectivity index (χ0) is 16.3. The normalized spacial score (nSPS) is 15.5. The summed E-state index contributed by atoms with van der Waals surface area (Å²) < 4.78 is 0. The topological polar surface area (TPSA) is 58.2 Å². The lowest BCUT2D eigenvalue weighted by Crippen LogP contribution is -2.45. The van der Waals surface area contributed by atoms with Crippen molar-refractivity contribution in [3.8, 4) is 0 Å². The standard InChI is InChI=1S/C16H20Cl2N2O2/c1-10(2)20-15(22)16(6-7-16)14(21)19-8-5-11-3-4-12(17)9-13(11)18/h3-4,9-10H,5-8H2,1-2H3,(H,19,21)(H,20,22). The van der Waals surface area contributed by atoms with Gasteiger partial charge < -0.3 is 10.6 Å². The first-order valence-corrected chi connectivity index (χ1v) is 8.14. The molecule has 0 radical (unpaired) electrons. The van der Waals surface area contributed by atoms with Crippen LogP contribution in [0.25, 0.3) is 0 Å². The highest BCUT2D eigenvalue weighted by atomic mass is 35.5. The van der Waals surface area contributed by atoms with Gasteiger partial charge in [0.15, 0.2) is 0 Å². The Balaban J connectivity index is 1.86. The van der Waals surface area contributed by atoms with Crippen molar-refractivity contribution in [2.24, 2.45) is 5.41 Å². The van der Waals surface area contributed by atoms with Gasteiger partial charge in [-0.3, -0.25) is 9.59 Å². The molecule has 120 valence electrons. The van der Waals surface area contributed by atoms with Gasteiger partial charge >= 0.3 is 0 Å². The van der Waals surface area contributed by atoms with Crippen molar-refractivity contribution < 1.29 is 9.59 Å². The van der Waals surface area contributed by atoms with Crippen molar-refractivity contribution >= 4 is 35.0 Å². The van der Waals surface area contributed by atoms with Gasteiger partial charge in [-0.1, -0.05) is 29.3 Å². The lowest BCUT2D eigenvalue weighted by Gasteiger charge is -2.17. The molecule has 0 atom stereocenters. The van der Waals surface area contributed by atoms with Crippen LogP contribution in [0.4, 0.5) is 0 Å². The average Bonchev–Trinajstić information content (AvgIpc) is 3.22. The summed E-state index contributed by atoms with van der Waals surface area (Å²) in [6.45, 7) is 4.21. The molecular weight excluding hydrogens is 323 g/mol. The van der Waals surface area contributed by atoms with Crippen LogP contribution >= 0.6 is 23.2 Å². The maximum Gasteiger partial charge on any atom is 0.235 e. The van der Waals surface area contributed by atoms with E-state index in [1.807, 2.05) is 19.9 Å². The number of rotatable bonds is 6. The van der Waals surface area contributed by atoms with Crippen LogP contribution < -0.4 is 10.6 Å². The van der Waals surface area contributed by atoms with Crippen molar-refractivity contribution in [2.75, 3.05) is 6.54 Å². The van der Waals surface area contributed by atoms with Gasteiger partial charge in [-0.25, -0.2) is 0 Å². The van der Waals surface area contributed by atoms with Crippen molar-refractivity contribution in [2.45, 2.75) is 39.2 Å². The number of carbonyl (C=O) groups is 2. The highest BCUT2D eigenvalue weighted by Gasteiger charge is 2.56. The molecule has 0 aromatic heterocycles. The van der Waals surface area contributed by atoms with Crippen molar-refractivity contribution in [3.63, 3.8) is 0 Å². The van der Waals surface area contributed by atoms with E-state index in [1.165, 1.54) is 0 Å². The molecule has 1 aromatic carbocycles. The summed E-state index contributed by atoms with van der Waals surface area (Å²) in [5.41, 5.74) is 0.0523.